The molecule has 1 unspecified atom stereocenters. The summed E-state index contributed by atoms with van der Waals surface area (Å²) < 4.78 is 19.4. The summed E-state index contributed by atoms with van der Waals surface area (Å²) in [5.74, 6) is 0.198. The van der Waals surface area contributed by atoms with E-state index in [-0.39, 0.29) is 11.9 Å². The highest BCUT2D eigenvalue weighted by atomic mass is 19.1. The van der Waals surface area contributed by atoms with Crippen molar-refractivity contribution >= 4 is 0 Å². The molecule has 0 saturated heterocycles. The van der Waals surface area contributed by atoms with E-state index in [1.54, 1.807) is 24.5 Å². The zero-order valence-corrected chi connectivity index (χ0v) is 10.9. The predicted molar refractivity (Wildman–Crippen MR) is 70.5 cm³/mol. The van der Waals surface area contributed by atoms with E-state index >= 15 is 0 Å². The van der Waals surface area contributed by atoms with Crippen LogP contribution < -0.4 is 10.1 Å². The van der Waals surface area contributed by atoms with Gasteiger partial charge in [0.1, 0.15) is 17.9 Å². The van der Waals surface area contributed by atoms with Gasteiger partial charge in [-0.3, -0.25) is 0 Å². The van der Waals surface area contributed by atoms with Gasteiger partial charge in [0.25, 0.3) is 0 Å². The van der Waals surface area contributed by atoms with Crippen LogP contribution in [0.25, 0.3) is 0 Å². The first-order chi connectivity index (χ1) is 9.27. The molecule has 0 bridgehead atoms. The number of rotatable bonds is 5. The van der Waals surface area contributed by atoms with Crippen LogP contribution in [0.1, 0.15) is 24.1 Å². The van der Waals surface area contributed by atoms with Crippen molar-refractivity contribution < 1.29 is 9.13 Å². The van der Waals surface area contributed by atoms with Crippen LogP contribution in [0, 0.1) is 5.82 Å². The first-order valence-corrected chi connectivity index (χ1v) is 6.08. The molecule has 1 aromatic heterocycles. The Morgan fingerprint density at radius 1 is 1.32 bits per heavy atom. The van der Waals surface area contributed by atoms with Crippen LogP contribution >= 0.6 is 0 Å². The fourth-order valence-corrected chi connectivity index (χ4v) is 2.03. The van der Waals surface area contributed by atoms with E-state index in [1.807, 2.05) is 6.92 Å². The minimum Gasteiger partial charge on any atom is -0.496 e. The van der Waals surface area contributed by atoms with Crippen LogP contribution in [0.3, 0.4) is 0 Å². The number of aromatic nitrogens is 2. The van der Waals surface area contributed by atoms with Gasteiger partial charge in [-0.05, 0) is 18.7 Å². The van der Waals surface area contributed by atoms with Crippen LogP contribution in [0.2, 0.25) is 0 Å². The number of benzene rings is 1. The van der Waals surface area contributed by atoms with Crippen molar-refractivity contribution in [2.75, 3.05) is 13.7 Å². The van der Waals surface area contributed by atoms with E-state index in [4.69, 9.17) is 4.74 Å². The third-order valence-corrected chi connectivity index (χ3v) is 2.84. The summed E-state index contributed by atoms with van der Waals surface area (Å²) >= 11 is 0. The van der Waals surface area contributed by atoms with Gasteiger partial charge in [-0.25, -0.2) is 14.4 Å². The fraction of sp³-hybridized carbons (Fsp3) is 0.286. The van der Waals surface area contributed by atoms with Crippen molar-refractivity contribution in [1.29, 1.82) is 0 Å². The second-order valence-corrected chi connectivity index (χ2v) is 4.02. The standard InChI is InChI=1S/C14H16FN3O/c1-3-18-14(10-7-16-9-17-8-10)13-11(15)5-4-6-12(13)19-2/h4-9,14,18H,3H2,1-2H3. The maximum absolute atomic E-state index is 14.1. The average molecular weight is 261 g/mol. The number of halogens is 1. The molecule has 0 aliphatic heterocycles. The molecule has 0 saturated carbocycles. The van der Waals surface area contributed by atoms with Crippen LogP contribution in [0.15, 0.2) is 36.9 Å². The third-order valence-electron chi connectivity index (χ3n) is 2.84. The van der Waals surface area contributed by atoms with Crippen molar-refractivity contribution in [1.82, 2.24) is 15.3 Å². The van der Waals surface area contributed by atoms with Crippen molar-refractivity contribution in [3.63, 3.8) is 0 Å². The van der Waals surface area contributed by atoms with Crippen molar-refractivity contribution in [2.45, 2.75) is 13.0 Å². The Morgan fingerprint density at radius 2 is 2.05 bits per heavy atom. The molecule has 2 rings (SSSR count). The van der Waals surface area contributed by atoms with Gasteiger partial charge in [-0.15, -0.1) is 0 Å². The molecule has 0 aliphatic carbocycles. The van der Waals surface area contributed by atoms with Gasteiger partial charge in [0.05, 0.1) is 18.7 Å². The minimum atomic E-state index is -0.331. The third kappa shape index (κ3) is 2.88. The number of hydrogen-bond donors (Lipinski definition) is 1. The van der Waals surface area contributed by atoms with E-state index in [0.717, 1.165) is 5.56 Å². The van der Waals surface area contributed by atoms with Gasteiger partial charge in [0.2, 0.25) is 0 Å². The monoisotopic (exact) mass is 261 g/mol. The summed E-state index contributed by atoms with van der Waals surface area (Å²) in [5.41, 5.74) is 1.27. The molecule has 5 heteroatoms. The van der Waals surface area contributed by atoms with Crippen LogP contribution in [-0.4, -0.2) is 23.6 Å². The van der Waals surface area contributed by atoms with E-state index in [1.165, 1.54) is 19.5 Å². The number of nitrogens with zero attached hydrogens (tertiary/aromatic N) is 2. The predicted octanol–water partition coefficient (Wildman–Crippen LogP) is 2.32. The molecule has 19 heavy (non-hydrogen) atoms. The zero-order valence-electron chi connectivity index (χ0n) is 10.9. The van der Waals surface area contributed by atoms with E-state index in [9.17, 15) is 4.39 Å². The molecule has 1 atom stereocenters. The molecule has 1 N–H and O–H groups in total. The van der Waals surface area contributed by atoms with Gasteiger partial charge in [-0.1, -0.05) is 13.0 Å². The number of methoxy groups -OCH3 is 1. The summed E-state index contributed by atoms with van der Waals surface area (Å²) in [7, 11) is 1.53. The molecule has 0 amide bonds. The molecule has 0 aliphatic rings. The Kier molecular flexibility index (Phi) is 4.41. The Balaban J connectivity index is 2.51. The molecular formula is C14H16FN3O. The molecule has 1 aromatic carbocycles. The molecule has 100 valence electrons. The minimum absolute atomic E-state index is 0.311. The van der Waals surface area contributed by atoms with Crippen molar-refractivity contribution in [3.8, 4) is 5.75 Å². The first kappa shape index (κ1) is 13.4. The van der Waals surface area contributed by atoms with Gasteiger partial charge < -0.3 is 10.1 Å². The molecule has 4 nitrogen and oxygen atoms in total. The molecule has 0 fully saturated rings. The highest BCUT2D eigenvalue weighted by molar-refractivity contribution is 5.41. The number of ether oxygens (including phenoxy) is 1. The zero-order chi connectivity index (χ0) is 13.7. The lowest BCUT2D eigenvalue weighted by Gasteiger charge is -2.21. The normalized spacial score (nSPS) is 12.2. The number of nitrogens with one attached hydrogen (secondary N) is 1. The van der Waals surface area contributed by atoms with Gasteiger partial charge in [0.15, 0.2) is 0 Å². The summed E-state index contributed by atoms with van der Waals surface area (Å²) in [6, 6.07) is 4.46. The van der Waals surface area contributed by atoms with E-state index < -0.39 is 0 Å². The van der Waals surface area contributed by atoms with Crippen LogP contribution in [0.5, 0.6) is 5.75 Å². The Morgan fingerprint density at radius 3 is 2.68 bits per heavy atom. The summed E-state index contributed by atoms with van der Waals surface area (Å²) in [6.07, 6.45) is 4.80. The first-order valence-electron chi connectivity index (χ1n) is 6.08. The van der Waals surface area contributed by atoms with Crippen LogP contribution in [-0.2, 0) is 0 Å². The molecule has 0 spiro atoms. The lowest BCUT2D eigenvalue weighted by Crippen LogP contribution is -2.24. The topological polar surface area (TPSA) is 47.0 Å². The Labute approximate surface area is 111 Å². The second kappa shape index (κ2) is 6.24. The van der Waals surface area contributed by atoms with Crippen molar-refractivity contribution in [2.24, 2.45) is 0 Å². The summed E-state index contributed by atoms with van der Waals surface area (Å²) in [6.45, 7) is 2.65. The number of hydrogen-bond acceptors (Lipinski definition) is 4. The molecular weight excluding hydrogens is 245 g/mol. The Bertz CT molecular complexity index is 533. The lowest BCUT2D eigenvalue weighted by atomic mass is 9.99. The highest BCUT2D eigenvalue weighted by Gasteiger charge is 2.21. The van der Waals surface area contributed by atoms with Gasteiger partial charge in [-0.2, -0.15) is 0 Å². The lowest BCUT2D eigenvalue weighted by molar-refractivity contribution is 0.397. The van der Waals surface area contributed by atoms with Crippen molar-refractivity contribution in [3.05, 3.63) is 53.9 Å². The molecule has 1 heterocycles. The second-order valence-electron chi connectivity index (χ2n) is 4.02. The van der Waals surface area contributed by atoms with Crippen LogP contribution in [0.4, 0.5) is 4.39 Å². The van der Waals surface area contributed by atoms with Gasteiger partial charge >= 0.3 is 0 Å². The summed E-state index contributed by atoms with van der Waals surface area (Å²) in [5, 5.41) is 3.23. The maximum atomic E-state index is 14.1. The SMILES string of the molecule is CCNC(c1cncnc1)c1c(F)cccc1OC. The smallest absolute Gasteiger partial charge is 0.132 e. The maximum Gasteiger partial charge on any atom is 0.132 e. The quantitative estimate of drug-likeness (QED) is 0.897. The van der Waals surface area contributed by atoms with E-state index in [2.05, 4.69) is 15.3 Å². The largest absolute Gasteiger partial charge is 0.496 e. The Hall–Kier alpha value is -2.01. The fourth-order valence-electron chi connectivity index (χ4n) is 2.03. The van der Waals surface area contributed by atoms with Gasteiger partial charge in [0, 0.05) is 18.0 Å². The molecule has 2 aromatic rings. The average Bonchev–Trinajstić information content (AvgIpc) is 2.46. The molecule has 0 radical (unpaired) electrons. The summed E-state index contributed by atoms with van der Waals surface area (Å²) in [4.78, 5) is 7.97. The highest BCUT2D eigenvalue weighted by Crippen LogP contribution is 2.31. The van der Waals surface area contributed by atoms with E-state index in [0.29, 0.717) is 17.9 Å².